The second-order valence-corrected chi connectivity index (χ2v) is 6.86. The Morgan fingerprint density at radius 1 is 0.700 bits per heavy atom. The molecule has 3 rings (SSSR count). The molecule has 0 aliphatic carbocycles. The van der Waals surface area contributed by atoms with Gasteiger partial charge < -0.3 is 9.47 Å². The normalized spacial score (nSPS) is 12.3. The second kappa shape index (κ2) is 10.3. The number of ether oxygens (including phenoxy) is 2. The molecule has 3 aromatic carbocycles. The number of carbonyl (C=O) groups excluding carboxylic acids is 1. The summed E-state index contributed by atoms with van der Waals surface area (Å²) in [5.41, 5.74) is 2.59. The minimum atomic E-state index is -0.563. The number of hydrogen-bond donors (Lipinski definition) is 0. The van der Waals surface area contributed by atoms with Crippen LogP contribution in [0, 0.1) is 0 Å². The van der Waals surface area contributed by atoms with Crippen molar-refractivity contribution < 1.29 is 14.3 Å². The van der Waals surface area contributed by atoms with E-state index in [2.05, 4.69) is 13.2 Å². The van der Waals surface area contributed by atoms with E-state index in [0.29, 0.717) is 11.1 Å². The highest BCUT2D eigenvalue weighted by molar-refractivity contribution is 7.80. The summed E-state index contributed by atoms with van der Waals surface area (Å²) in [6.45, 7) is 7.63. The molecule has 0 spiro atoms. The third-order valence-corrected chi connectivity index (χ3v) is 4.84. The number of benzene rings is 3. The quantitative estimate of drug-likeness (QED) is 0.243. The Morgan fingerprint density at radius 3 is 1.63 bits per heavy atom. The van der Waals surface area contributed by atoms with Crippen LogP contribution in [-0.2, 0) is 9.47 Å². The Morgan fingerprint density at radius 2 is 1.13 bits per heavy atom. The van der Waals surface area contributed by atoms with Crippen LogP contribution < -0.4 is 0 Å². The molecule has 2 atom stereocenters. The molecular formula is C26H22O3S. The van der Waals surface area contributed by atoms with Crippen LogP contribution in [0.3, 0.4) is 0 Å². The first-order chi connectivity index (χ1) is 14.6. The van der Waals surface area contributed by atoms with Crippen molar-refractivity contribution in [2.75, 3.05) is 0 Å². The van der Waals surface area contributed by atoms with Gasteiger partial charge in [-0.3, -0.25) is 0 Å². The second-order valence-electron chi connectivity index (χ2n) is 6.49. The van der Waals surface area contributed by atoms with E-state index in [-0.39, 0.29) is 5.05 Å². The SMILES string of the molecule is C=CC(OC(=O)c1ccccc1C(=S)OC(C=C)c1ccccc1)c1ccccc1. The van der Waals surface area contributed by atoms with Crippen LogP contribution in [0.2, 0.25) is 0 Å². The van der Waals surface area contributed by atoms with Crippen molar-refractivity contribution in [3.8, 4) is 0 Å². The Labute approximate surface area is 182 Å². The third-order valence-electron chi connectivity index (χ3n) is 4.52. The molecule has 30 heavy (non-hydrogen) atoms. The molecule has 150 valence electrons. The summed E-state index contributed by atoms with van der Waals surface area (Å²) in [4.78, 5) is 12.9. The number of thiocarbonyl (C=S) groups is 1. The molecule has 0 radical (unpaired) electrons. The molecule has 4 heteroatoms. The first-order valence-corrected chi connectivity index (χ1v) is 9.91. The van der Waals surface area contributed by atoms with Crippen LogP contribution in [0.4, 0.5) is 0 Å². The molecule has 0 fully saturated rings. The largest absolute Gasteiger partial charge is 0.471 e. The van der Waals surface area contributed by atoms with Crippen molar-refractivity contribution in [2.24, 2.45) is 0 Å². The lowest BCUT2D eigenvalue weighted by atomic mass is 10.1. The maximum absolute atomic E-state index is 12.9. The van der Waals surface area contributed by atoms with Gasteiger partial charge in [0.2, 0.25) is 0 Å². The summed E-state index contributed by atoms with van der Waals surface area (Å²) >= 11 is 5.51. The fourth-order valence-electron chi connectivity index (χ4n) is 2.99. The van der Waals surface area contributed by atoms with Gasteiger partial charge >= 0.3 is 5.97 Å². The minimum absolute atomic E-state index is 0.200. The summed E-state index contributed by atoms with van der Waals surface area (Å²) in [5.74, 6) is -0.500. The molecular weight excluding hydrogens is 392 g/mol. The number of rotatable bonds is 8. The molecule has 3 aromatic rings. The van der Waals surface area contributed by atoms with Gasteiger partial charge in [-0.1, -0.05) is 86.0 Å². The predicted octanol–water partition coefficient (Wildman–Crippen LogP) is 6.39. The molecule has 2 unspecified atom stereocenters. The van der Waals surface area contributed by atoms with Crippen molar-refractivity contribution in [3.63, 3.8) is 0 Å². The van der Waals surface area contributed by atoms with Gasteiger partial charge in [-0.2, -0.15) is 0 Å². The zero-order valence-electron chi connectivity index (χ0n) is 16.4. The van der Waals surface area contributed by atoms with Gasteiger partial charge in [0.05, 0.1) is 5.56 Å². The third kappa shape index (κ3) is 5.10. The van der Waals surface area contributed by atoms with Gasteiger partial charge in [-0.05, 0) is 47.6 Å². The molecule has 0 N–H and O–H groups in total. The highest BCUT2D eigenvalue weighted by Gasteiger charge is 2.21. The van der Waals surface area contributed by atoms with Gasteiger partial charge in [0.15, 0.2) is 5.05 Å². The average Bonchev–Trinajstić information content (AvgIpc) is 2.81. The molecule has 0 aliphatic heterocycles. The lowest BCUT2D eigenvalue weighted by Gasteiger charge is -2.19. The molecule has 0 aliphatic rings. The van der Waals surface area contributed by atoms with Crippen LogP contribution in [0.5, 0.6) is 0 Å². The summed E-state index contributed by atoms with van der Waals surface area (Å²) in [6.07, 6.45) is 2.28. The van der Waals surface area contributed by atoms with Crippen molar-refractivity contribution in [3.05, 3.63) is 132 Å². The lowest BCUT2D eigenvalue weighted by Crippen LogP contribution is -2.16. The zero-order chi connectivity index (χ0) is 21.3. The van der Waals surface area contributed by atoms with Crippen molar-refractivity contribution in [1.82, 2.24) is 0 Å². The fourth-order valence-corrected chi connectivity index (χ4v) is 3.27. The first-order valence-electron chi connectivity index (χ1n) is 9.50. The van der Waals surface area contributed by atoms with E-state index in [0.717, 1.165) is 11.1 Å². The summed E-state index contributed by atoms with van der Waals surface area (Å²) < 4.78 is 11.7. The van der Waals surface area contributed by atoms with E-state index in [1.54, 1.807) is 36.4 Å². The number of hydrogen-bond acceptors (Lipinski definition) is 4. The topological polar surface area (TPSA) is 35.5 Å². The van der Waals surface area contributed by atoms with Crippen molar-refractivity contribution in [1.29, 1.82) is 0 Å². The summed E-state index contributed by atoms with van der Waals surface area (Å²) in [6, 6.07) is 26.0. The Hall–Kier alpha value is -3.50. The van der Waals surface area contributed by atoms with E-state index in [4.69, 9.17) is 21.7 Å². The lowest BCUT2D eigenvalue weighted by molar-refractivity contribution is 0.0391. The van der Waals surface area contributed by atoms with Crippen LogP contribution in [-0.4, -0.2) is 11.0 Å². The van der Waals surface area contributed by atoms with Crippen LogP contribution >= 0.6 is 12.2 Å². The van der Waals surface area contributed by atoms with Gasteiger partial charge in [0, 0.05) is 5.56 Å². The maximum Gasteiger partial charge on any atom is 0.339 e. The molecule has 0 bridgehead atoms. The standard InChI is InChI=1S/C26H22O3S/c1-3-23(19-13-7-5-8-14-19)28-25(27)21-17-11-12-18-22(21)26(30)29-24(4-2)20-15-9-6-10-16-20/h3-18,23-24H,1-2H2. The monoisotopic (exact) mass is 414 g/mol. The van der Waals surface area contributed by atoms with E-state index in [1.807, 2.05) is 60.7 Å². The van der Waals surface area contributed by atoms with Crippen molar-refractivity contribution >= 4 is 23.2 Å². The van der Waals surface area contributed by atoms with Crippen molar-refractivity contribution in [2.45, 2.75) is 12.2 Å². The maximum atomic E-state index is 12.9. The van der Waals surface area contributed by atoms with E-state index >= 15 is 0 Å². The molecule has 0 saturated heterocycles. The Balaban J connectivity index is 1.81. The molecule has 0 saturated carbocycles. The van der Waals surface area contributed by atoms with Crippen LogP contribution in [0.1, 0.15) is 39.3 Å². The highest BCUT2D eigenvalue weighted by Crippen LogP contribution is 2.24. The summed E-state index contributed by atoms with van der Waals surface area (Å²) in [5, 5.41) is 0.200. The highest BCUT2D eigenvalue weighted by atomic mass is 32.1. The first kappa shape index (κ1) is 21.2. The van der Waals surface area contributed by atoms with Gasteiger partial charge in [0.25, 0.3) is 0 Å². The number of carbonyl (C=O) groups is 1. The van der Waals surface area contributed by atoms with Gasteiger partial charge in [0.1, 0.15) is 12.2 Å². The van der Waals surface area contributed by atoms with Gasteiger partial charge in [-0.15, -0.1) is 0 Å². The molecule has 0 heterocycles. The Bertz CT molecular complexity index is 944. The fraction of sp³-hybridized carbons (Fsp3) is 0.0769. The molecule has 0 aromatic heterocycles. The molecule has 0 amide bonds. The van der Waals surface area contributed by atoms with Crippen LogP contribution in [0.25, 0.3) is 0 Å². The number of esters is 1. The minimum Gasteiger partial charge on any atom is -0.471 e. The smallest absolute Gasteiger partial charge is 0.339 e. The average molecular weight is 415 g/mol. The predicted molar refractivity (Wildman–Crippen MR) is 123 cm³/mol. The zero-order valence-corrected chi connectivity index (χ0v) is 17.3. The van der Waals surface area contributed by atoms with E-state index in [1.165, 1.54) is 0 Å². The Kier molecular flexibility index (Phi) is 7.30. The summed E-state index contributed by atoms with van der Waals surface area (Å²) in [7, 11) is 0. The van der Waals surface area contributed by atoms with E-state index in [9.17, 15) is 4.79 Å². The van der Waals surface area contributed by atoms with E-state index < -0.39 is 18.2 Å². The van der Waals surface area contributed by atoms with Crippen LogP contribution in [0.15, 0.2) is 110 Å². The van der Waals surface area contributed by atoms with Gasteiger partial charge in [-0.25, -0.2) is 4.79 Å². The molecule has 3 nitrogen and oxygen atoms in total.